The van der Waals surface area contributed by atoms with Crippen molar-refractivity contribution in [3.05, 3.63) is 54.1 Å². The molecule has 0 atom stereocenters. The summed E-state index contributed by atoms with van der Waals surface area (Å²) >= 11 is 0. The molecule has 0 saturated heterocycles. The lowest BCUT2D eigenvalue weighted by Crippen LogP contribution is -2.58. The van der Waals surface area contributed by atoms with Crippen molar-refractivity contribution in [3.8, 4) is 5.69 Å². The maximum atomic E-state index is 10.8. The molecule has 0 aliphatic carbocycles. The molecule has 0 fully saturated rings. The minimum Gasteiger partial charge on any atom is -0.273 e. The van der Waals surface area contributed by atoms with E-state index in [-0.39, 0.29) is 5.91 Å². The largest absolute Gasteiger partial charge is 0.273 e. The second kappa shape index (κ2) is 7.62. The number of nitrogens with zero attached hydrogens (tertiary/aromatic N) is 3. The van der Waals surface area contributed by atoms with E-state index in [2.05, 4.69) is 10.1 Å². The molecule has 0 aliphatic heterocycles. The van der Waals surface area contributed by atoms with Gasteiger partial charge in [0.15, 0.2) is 0 Å². The molecular weight excluding hydrogens is 302 g/mol. The minimum atomic E-state index is -4.69. The summed E-state index contributed by atoms with van der Waals surface area (Å²) in [7, 11) is -4.69. The molecule has 1 aromatic carbocycles. The molecule has 0 bridgehead atoms. The Labute approximate surface area is 122 Å². The number of amides is 1. The van der Waals surface area contributed by atoms with E-state index in [9.17, 15) is 4.79 Å². The van der Waals surface area contributed by atoms with Gasteiger partial charge in [0, 0.05) is 13.1 Å². The van der Waals surface area contributed by atoms with E-state index in [0.29, 0.717) is 5.36 Å². The Hall–Kier alpha value is -2.10. The Morgan fingerprint density at radius 1 is 1.24 bits per heavy atom. The average Bonchev–Trinajstić information content (AvgIpc) is 2.38. The molecule has 2 aromatic rings. The fourth-order valence-corrected chi connectivity index (χ4v) is 1.33. The third kappa shape index (κ3) is 7.92. The molecule has 0 unspecified atom stereocenters. The van der Waals surface area contributed by atoms with Crippen molar-refractivity contribution in [2.75, 3.05) is 0 Å². The highest BCUT2D eigenvalue weighted by molar-refractivity contribution is 5.73. The molecule has 1 amide bonds. The number of para-hydroxylation sites is 1. The second-order valence-corrected chi connectivity index (χ2v) is 4.48. The Balaban J connectivity index is 0.000000383. The van der Waals surface area contributed by atoms with Crippen molar-refractivity contribution in [1.29, 1.82) is 0 Å². The topological polar surface area (TPSA) is 137 Å². The molecule has 0 spiro atoms. The van der Waals surface area contributed by atoms with Crippen LogP contribution in [0.25, 0.3) is 5.69 Å². The standard InChI is InChI=1S/C12H11N3O.ClHO4/c1-10(16)14-11-7-8-15(13-9-11)12-5-3-2-4-6-12;2-1(3,4)5/h2-9H,1H3;(H,2,3,4,5). The lowest BCUT2D eigenvalue weighted by atomic mass is 10.3. The highest BCUT2D eigenvalue weighted by atomic mass is 35.7. The molecule has 0 saturated carbocycles. The van der Waals surface area contributed by atoms with Gasteiger partial charge in [-0.05, 0) is 18.2 Å². The smallest absolute Gasteiger partial charge is 0.243 e. The number of benzene rings is 1. The molecule has 8 nitrogen and oxygen atoms in total. The summed E-state index contributed by atoms with van der Waals surface area (Å²) in [6, 6.07) is 11.5. The van der Waals surface area contributed by atoms with E-state index in [4.69, 9.17) is 18.6 Å². The van der Waals surface area contributed by atoms with Crippen molar-refractivity contribution >= 4 is 5.91 Å². The summed E-state index contributed by atoms with van der Waals surface area (Å²) in [5.41, 5.74) is 0.969. The molecule has 0 aliphatic rings. The minimum absolute atomic E-state index is 0.223. The van der Waals surface area contributed by atoms with Crippen LogP contribution in [0.1, 0.15) is 6.92 Å². The summed E-state index contributed by atoms with van der Waals surface area (Å²) in [6.07, 6.45) is 3.34. The zero-order chi connectivity index (χ0) is 15.9. The first-order valence-electron chi connectivity index (χ1n) is 5.54. The van der Waals surface area contributed by atoms with E-state index < -0.39 is 10.2 Å². The van der Waals surface area contributed by atoms with Crippen molar-refractivity contribution in [3.63, 3.8) is 0 Å². The summed E-state index contributed by atoms with van der Waals surface area (Å²) in [5, 5.41) is 4.74. The Morgan fingerprint density at radius 2 is 1.81 bits per heavy atom. The molecule has 2 rings (SSSR count). The second-order valence-electron chi connectivity index (χ2n) is 3.69. The van der Waals surface area contributed by atoms with Crippen LogP contribution in [0.15, 0.2) is 53.8 Å². The Bertz CT molecular complexity index is 625. The van der Waals surface area contributed by atoms with Crippen LogP contribution in [0.3, 0.4) is 0 Å². The van der Waals surface area contributed by atoms with Crippen molar-refractivity contribution in [1.82, 2.24) is 9.78 Å². The lowest BCUT2D eigenvalue weighted by Gasteiger charge is -2.03. The van der Waals surface area contributed by atoms with Gasteiger partial charge in [0.2, 0.25) is 5.91 Å². The maximum absolute atomic E-state index is 10.8. The molecule has 0 radical (unpaired) electrons. The summed E-state index contributed by atoms with van der Waals surface area (Å²) in [4.78, 5) is 14.5. The van der Waals surface area contributed by atoms with Gasteiger partial charge < -0.3 is 0 Å². The van der Waals surface area contributed by atoms with Gasteiger partial charge in [-0.1, -0.05) is 18.2 Å². The van der Waals surface area contributed by atoms with Gasteiger partial charge in [-0.15, -0.1) is 0 Å². The molecule has 1 N–H and O–H groups in total. The number of hydrogen-bond donors (Lipinski definition) is 1. The van der Waals surface area contributed by atoms with E-state index in [1.807, 2.05) is 30.3 Å². The van der Waals surface area contributed by atoms with Crippen LogP contribution in [0.2, 0.25) is 0 Å². The highest BCUT2D eigenvalue weighted by Gasteiger charge is 1.98. The van der Waals surface area contributed by atoms with Gasteiger partial charge in [0.1, 0.15) is 0 Å². The van der Waals surface area contributed by atoms with Crippen LogP contribution in [0, 0.1) is 10.2 Å². The van der Waals surface area contributed by atoms with Crippen LogP contribution < -0.4 is 19.3 Å². The van der Waals surface area contributed by atoms with Crippen molar-refractivity contribution in [2.24, 2.45) is 4.99 Å². The van der Waals surface area contributed by atoms with E-state index in [0.717, 1.165) is 5.69 Å². The molecular formula is C12H12ClN3O5. The van der Waals surface area contributed by atoms with Crippen LogP contribution >= 0.6 is 0 Å². The monoisotopic (exact) mass is 313 g/mol. The van der Waals surface area contributed by atoms with Crippen LogP contribution in [0.5, 0.6) is 0 Å². The van der Waals surface area contributed by atoms with Gasteiger partial charge in [0.05, 0.1) is 32.1 Å². The predicted octanol–water partition coefficient (Wildman–Crippen LogP) is -2.80. The highest BCUT2D eigenvalue weighted by Crippen LogP contribution is 2.02. The first kappa shape index (κ1) is 17.0. The quantitative estimate of drug-likeness (QED) is 0.603. The number of halogens is 1. The van der Waals surface area contributed by atoms with Gasteiger partial charge in [-0.3, -0.25) is 4.79 Å². The third-order valence-electron chi connectivity index (χ3n) is 2.01. The summed E-state index contributed by atoms with van der Waals surface area (Å²) < 4.78 is 34.4. The Kier molecular flexibility index (Phi) is 6.15. The van der Waals surface area contributed by atoms with Crippen LogP contribution in [-0.2, 0) is 4.79 Å². The number of hydrogen-bond acceptors (Lipinski definition) is 6. The molecule has 112 valence electrons. The van der Waals surface area contributed by atoms with Crippen molar-refractivity contribution in [2.45, 2.75) is 6.92 Å². The fraction of sp³-hybridized carbons (Fsp3) is 0.0833. The van der Waals surface area contributed by atoms with Crippen molar-refractivity contribution < 1.29 is 33.7 Å². The first-order valence-corrected chi connectivity index (χ1v) is 6.81. The zero-order valence-corrected chi connectivity index (χ0v) is 11.7. The first-order chi connectivity index (χ1) is 9.75. The van der Waals surface area contributed by atoms with Gasteiger partial charge >= 0.3 is 0 Å². The third-order valence-corrected chi connectivity index (χ3v) is 2.01. The SMILES string of the molecule is CC(=O)N=c1ccn(-c2ccccc2)nc1.[O-][Cl+3]([O-])([O-])O. The lowest BCUT2D eigenvalue weighted by molar-refractivity contribution is -1.92. The number of rotatable bonds is 1. The van der Waals surface area contributed by atoms with E-state index in [1.54, 1.807) is 23.1 Å². The maximum Gasteiger partial charge on any atom is 0.243 e. The number of carbonyl (C=O) groups excluding carboxylic acids is 1. The average molecular weight is 314 g/mol. The van der Waals surface area contributed by atoms with E-state index >= 15 is 0 Å². The number of carbonyl (C=O) groups is 1. The van der Waals surface area contributed by atoms with Gasteiger partial charge in [0.25, 0.3) is 0 Å². The van der Waals surface area contributed by atoms with Gasteiger partial charge in [-0.2, -0.15) is 19.1 Å². The normalized spacial score (nSPS) is 11.6. The summed E-state index contributed by atoms with van der Waals surface area (Å²) in [6.45, 7) is 1.41. The molecule has 1 heterocycles. The van der Waals surface area contributed by atoms with Crippen LogP contribution in [-0.4, -0.2) is 20.3 Å². The molecule has 9 heteroatoms. The van der Waals surface area contributed by atoms with Crippen LogP contribution in [0.4, 0.5) is 0 Å². The fourth-order valence-electron chi connectivity index (χ4n) is 1.33. The molecule has 1 aromatic heterocycles. The predicted molar refractivity (Wildman–Crippen MR) is 62.0 cm³/mol. The van der Waals surface area contributed by atoms with E-state index in [1.165, 1.54) is 6.92 Å². The summed E-state index contributed by atoms with van der Waals surface area (Å²) in [5.74, 6) is -0.223. The Morgan fingerprint density at radius 3 is 2.24 bits per heavy atom. The van der Waals surface area contributed by atoms with Gasteiger partial charge in [-0.25, -0.2) is 9.67 Å². The number of aromatic nitrogens is 2. The zero-order valence-electron chi connectivity index (χ0n) is 10.9. The molecule has 21 heavy (non-hydrogen) atoms.